The fourth-order valence-electron chi connectivity index (χ4n) is 1.49. The highest BCUT2D eigenvalue weighted by atomic mass is 127. The Morgan fingerprint density at radius 1 is 1.12 bits per heavy atom. The molecule has 17 heavy (non-hydrogen) atoms. The smallest absolute Gasteiger partial charge is 0.264 e. The number of rotatable bonds is 2. The lowest BCUT2D eigenvalue weighted by molar-refractivity contribution is 0.541. The quantitative estimate of drug-likeness (QED) is 0.766. The van der Waals surface area contributed by atoms with Crippen LogP contribution >= 0.6 is 22.6 Å². The fourth-order valence-corrected chi connectivity index (χ4v) is 2.00. The molecule has 0 saturated carbocycles. The Kier molecular flexibility index (Phi) is 3.56. The van der Waals surface area contributed by atoms with Crippen LogP contribution in [0.4, 0.5) is 8.78 Å². The topological polar surface area (TPSA) is 22.0 Å². The Hall–Kier alpha value is -1.24. The van der Waals surface area contributed by atoms with Gasteiger partial charge in [0.05, 0.1) is 10.1 Å². The molecule has 0 atom stereocenters. The lowest BCUT2D eigenvalue weighted by Crippen LogP contribution is -2.22. The maximum atomic E-state index is 13.4. The van der Waals surface area contributed by atoms with Crippen LogP contribution in [0, 0.1) is 15.2 Å². The molecule has 0 aliphatic heterocycles. The highest BCUT2D eigenvalue weighted by Gasteiger charge is 2.10. The van der Waals surface area contributed by atoms with E-state index in [0.29, 0.717) is 3.57 Å². The summed E-state index contributed by atoms with van der Waals surface area (Å²) in [6, 6.07) is 6.97. The minimum Gasteiger partial charge on any atom is -0.310 e. The van der Waals surface area contributed by atoms with Gasteiger partial charge in [-0.25, -0.2) is 8.78 Å². The van der Waals surface area contributed by atoms with Gasteiger partial charge in [0.15, 0.2) is 0 Å². The van der Waals surface area contributed by atoms with Crippen molar-refractivity contribution in [1.82, 2.24) is 4.57 Å². The monoisotopic (exact) mass is 347 g/mol. The normalized spacial score (nSPS) is 10.5. The summed E-state index contributed by atoms with van der Waals surface area (Å²) in [6.45, 7) is -0.103. The van der Waals surface area contributed by atoms with E-state index in [4.69, 9.17) is 0 Å². The zero-order valence-corrected chi connectivity index (χ0v) is 10.8. The van der Waals surface area contributed by atoms with Gasteiger partial charge in [0.2, 0.25) is 0 Å². The average Bonchev–Trinajstić information content (AvgIpc) is 2.29. The van der Waals surface area contributed by atoms with Crippen LogP contribution in [-0.4, -0.2) is 4.57 Å². The van der Waals surface area contributed by atoms with Crippen LogP contribution in [0.15, 0.2) is 41.3 Å². The summed E-state index contributed by atoms with van der Waals surface area (Å²) in [4.78, 5) is 11.7. The first-order chi connectivity index (χ1) is 8.09. The molecular weight excluding hydrogens is 339 g/mol. The Balaban J connectivity index is 2.45. The highest BCUT2D eigenvalue weighted by molar-refractivity contribution is 14.1. The van der Waals surface area contributed by atoms with E-state index in [-0.39, 0.29) is 17.7 Å². The van der Waals surface area contributed by atoms with Crippen LogP contribution in [0.3, 0.4) is 0 Å². The van der Waals surface area contributed by atoms with Crippen molar-refractivity contribution in [3.63, 3.8) is 0 Å². The second-order valence-corrected chi connectivity index (χ2v) is 4.65. The third-order valence-corrected chi connectivity index (χ3v) is 3.18. The third-order valence-electron chi connectivity index (χ3n) is 2.36. The predicted octanol–water partition coefficient (Wildman–Crippen LogP) is 2.78. The molecule has 1 aromatic carbocycles. The second-order valence-electron chi connectivity index (χ2n) is 3.49. The van der Waals surface area contributed by atoms with Gasteiger partial charge in [-0.2, -0.15) is 0 Å². The van der Waals surface area contributed by atoms with Gasteiger partial charge in [-0.15, -0.1) is 0 Å². The number of nitrogens with zero attached hydrogens (tertiary/aromatic N) is 1. The van der Waals surface area contributed by atoms with E-state index in [9.17, 15) is 13.6 Å². The molecule has 2 nitrogen and oxygen atoms in total. The Labute approximate surface area is 110 Å². The van der Waals surface area contributed by atoms with Crippen molar-refractivity contribution < 1.29 is 8.78 Å². The largest absolute Gasteiger partial charge is 0.310 e. The second kappa shape index (κ2) is 4.95. The zero-order valence-electron chi connectivity index (χ0n) is 8.66. The summed E-state index contributed by atoms with van der Waals surface area (Å²) in [5.41, 5.74) is -0.354. The van der Waals surface area contributed by atoms with E-state index >= 15 is 0 Å². The molecule has 88 valence electrons. The van der Waals surface area contributed by atoms with Gasteiger partial charge >= 0.3 is 0 Å². The number of aromatic nitrogens is 1. The van der Waals surface area contributed by atoms with E-state index in [1.165, 1.54) is 29.0 Å². The van der Waals surface area contributed by atoms with Crippen LogP contribution in [0.5, 0.6) is 0 Å². The van der Waals surface area contributed by atoms with E-state index in [2.05, 4.69) is 0 Å². The van der Waals surface area contributed by atoms with Crippen LogP contribution in [0.2, 0.25) is 0 Å². The molecule has 1 aromatic heterocycles. The molecule has 0 amide bonds. The minimum absolute atomic E-state index is 0.100. The zero-order chi connectivity index (χ0) is 12.4. The molecule has 0 N–H and O–H groups in total. The van der Waals surface area contributed by atoms with Gasteiger partial charge in [-0.3, -0.25) is 4.79 Å². The number of benzene rings is 1. The fraction of sp³-hybridized carbons (Fsp3) is 0.0833. The molecule has 1 heterocycles. The van der Waals surface area contributed by atoms with Crippen LogP contribution in [0.25, 0.3) is 0 Å². The molecule has 0 bridgehead atoms. The number of hydrogen-bond acceptors (Lipinski definition) is 1. The van der Waals surface area contributed by atoms with Crippen LogP contribution in [-0.2, 0) is 6.54 Å². The number of hydrogen-bond donors (Lipinski definition) is 0. The summed E-state index contributed by atoms with van der Waals surface area (Å²) >= 11 is 1.89. The summed E-state index contributed by atoms with van der Waals surface area (Å²) in [7, 11) is 0. The van der Waals surface area contributed by atoms with E-state index in [1.54, 1.807) is 12.1 Å². The van der Waals surface area contributed by atoms with Crippen molar-refractivity contribution in [2.45, 2.75) is 6.54 Å². The molecular formula is C12H8F2INO. The SMILES string of the molecule is O=c1c(I)cccn1Cc1c(F)cccc1F. The first kappa shape index (κ1) is 12.2. The number of halogens is 3. The molecule has 0 spiro atoms. The highest BCUT2D eigenvalue weighted by Crippen LogP contribution is 2.13. The van der Waals surface area contributed by atoms with Crippen molar-refractivity contribution in [2.75, 3.05) is 0 Å². The maximum absolute atomic E-state index is 13.4. The van der Waals surface area contributed by atoms with Gasteiger partial charge in [0.1, 0.15) is 11.6 Å². The molecule has 0 saturated heterocycles. The van der Waals surface area contributed by atoms with E-state index in [0.717, 1.165) is 0 Å². The third kappa shape index (κ3) is 2.54. The molecule has 2 rings (SSSR count). The first-order valence-electron chi connectivity index (χ1n) is 4.87. The maximum Gasteiger partial charge on any atom is 0.264 e. The Morgan fingerprint density at radius 2 is 1.76 bits per heavy atom. The molecule has 0 aliphatic rings. The Morgan fingerprint density at radius 3 is 2.41 bits per heavy atom. The minimum atomic E-state index is -0.643. The van der Waals surface area contributed by atoms with Gasteiger partial charge in [0.25, 0.3) is 5.56 Å². The molecule has 0 radical (unpaired) electrons. The number of pyridine rings is 1. The summed E-state index contributed by atoms with van der Waals surface area (Å²) in [5, 5.41) is 0. The van der Waals surface area contributed by atoms with Crippen LogP contribution < -0.4 is 5.56 Å². The summed E-state index contributed by atoms with van der Waals surface area (Å²) < 4.78 is 28.6. The van der Waals surface area contributed by atoms with Gasteiger partial charge in [0, 0.05) is 11.8 Å². The molecule has 0 unspecified atom stereocenters. The van der Waals surface area contributed by atoms with Gasteiger partial charge in [-0.05, 0) is 46.9 Å². The lowest BCUT2D eigenvalue weighted by Gasteiger charge is -2.08. The molecule has 0 fully saturated rings. The standard InChI is InChI=1S/C12H8F2INO/c13-9-3-1-4-10(14)8(9)7-16-6-2-5-11(15)12(16)17/h1-6H,7H2. The lowest BCUT2D eigenvalue weighted by atomic mass is 10.2. The predicted molar refractivity (Wildman–Crippen MR) is 68.9 cm³/mol. The summed E-state index contributed by atoms with van der Waals surface area (Å²) in [6.07, 6.45) is 1.51. The van der Waals surface area contributed by atoms with Crippen molar-refractivity contribution in [2.24, 2.45) is 0 Å². The molecule has 0 aliphatic carbocycles. The van der Waals surface area contributed by atoms with Crippen molar-refractivity contribution in [3.8, 4) is 0 Å². The van der Waals surface area contributed by atoms with E-state index < -0.39 is 11.6 Å². The van der Waals surface area contributed by atoms with E-state index in [1.807, 2.05) is 22.6 Å². The van der Waals surface area contributed by atoms with Crippen molar-refractivity contribution in [1.29, 1.82) is 0 Å². The Bertz CT molecular complexity index is 589. The molecule has 5 heteroatoms. The van der Waals surface area contributed by atoms with Crippen LogP contribution in [0.1, 0.15) is 5.56 Å². The van der Waals surface area contributed by atoms with Crippen molar-refractivity contribution in [3.05, 3.63) is 67.7 Å². The van der Waals surface area contributed by atoms with Gasteiger partial charge in [-0.1, -0.05) is 6.07 Å². The summed E-state index contributed by atoms with van der Waals surface area (Å²) in [5.74, 6) is -1.29. The van der Waals surface area contributed by atoms with Crippen molar-refractivity contribution >= 4 is 22.6 Å². The molecule has 2 aromatic rings. The average molecular weight is 347 g/mol. The first-order valence-corrected chi connectivity index (χ1v) is 5.95. The van der Waals surface area contributed by atoms with Gasteiger partial charge < -0.3 is 4.57 Å².